The lowest BCUT2D eigenvalue weighted by Gasteiger charge is -2.11. The molecule has 0 radical (unpaired) electrons. The fourth-order valence-corrected chi connectivity index (χ4v) is 4.51. The van der Waals surface area contributed by atoms with Gasteiger partial charge in [-0.1, -0.05) is 31.2 Å². The molecule has 0 bridgehead atoms. The summed E-state index contributed by atoms with van der Waals surface area (Å²) in [6.07, 6.45) is 5.34. The highest BCUT2D eigenvalue weighted by Gasteiger charge is 2.26. The zero-order chi connectivity index (χ0) is 17.8. The summed E-state index contributed by atoms with van der Waals surface area (Å²) in [6, 6.07) is 8.07. The number of nitrogens with one attached hydrogen (secondary N) is 1. The Morgan fingerprint density at radius 3 is 2.48 bits per heavy atom. The van der Waals surface area contributed by atoms with Crippen molar-refractivity contribution in [1.82, 2.24) is 0 Å². The third-order valence-electron chi connectivity index (χ3n) is 4.61. The van der Waals surface area contributed by atoms with Gasteiger partial charge in [0.2, 0.25) is 5.91 Å². The number of esters is 1. The number of amides is 1. The Labute approximate surface area is 152 Å². The van der Waals surface area contributed by atoms with Gasteiger partial charge in [-0.15, -0.1) is 11.3 Å². The van der Waals surface area contributed by atoms with Crippen LogP contribution < -0.4 is 5.32 Å². The molecule has 25 heavy (non-hydrogen) atoms. The number of carbonyl (C=O) groups excluding carboxylic acids is 2. The Morgan fingerprint density at radius 1 is 1.12 bits per heavy atom. The number of ether oxygens (including phenoxy) is 1. The van der Waals surface area contributed by atoms with Crippen LogP contribution in [-0.2, 0) is 35.2 Å². The van der Waals surface area contributed by atoms with Gasteiger partial charge in [-0.2, -0.15) is 0 Å². The second-order valence-corrected chi connectivity index (χ2v) is 7.41. The van der Waals surface area contributed by atoms with Gasteiger partial charge in [-0.25, -0.2) is 4.79 Å². The number of hydrogen-bond acceptors (Lipinski definition) is 4. The third kappa shape index (κ3) is 3.93. The summed E-state index contributed by atoms with van der Waals surface area (Å²) >= 11 is 1.52. The van der Waals surface area contributed by atoms with Crippen molar-refractivity contribution < 1.29 is 14.3 Å². The van der Waals surface area contributed by atoms with Crippen LogP contribution in [0.4, 0.5) is 5.00 Å². The first kappa shape index (κ1) is 17.7. The lowest BCUT2D eigenvalue weighted by molar-refractivity contribution is -0.115. The average Bonchev–Trinajstić information content (AvgIpc) is 2.99. The molecule has 1 aliphatic rings. The van der Waals surface area contributed by atoms with Crippen LogP contribution in [0.5, 0.6) is 0 Å². The number of carbonyl (C=O) groups is 2. The molecule has 0 atom stereocenters. The van der Waals surface area contributed by atoms with Crippen LogP contribution in [-0.4, -0.2) is 19.0 Å². The number of fused-ring (bicyclic) bond motifs is 1. The van der Waals surface area contributed by atoms with E-state index in [1.54, 1.807) is 0 Å². The lowest BCUT2D eigenvalue weighted by Crippen LogP contribution is -2.16. The van der Waals surface area contributed by atoms with Crippen molar-refractivity contribution in [3.05, 3.63) is 51.4 Å². The van der Waals surface area contributed by atoms with Gasteiger partial charge in [-0.05, 0) is 48.8 Å². The maximum absolute atomic E-state index is 12.5. The van der Waals surface area contributed by atoms with Crippen molar-refractivity contribution >= 4 is 28.2 Å². The lowest BCUT2D eigenvalue weighted by atomic mass is 9.95. The zero-order valence-corrected chi connectivity index (χ0v) is 15.5. The van der Waals surface area contributed by atoms with Crippen LogP contribution in [0, 0.1) is 0 Å². The summed E-state index contributed by atoms with van der Waals surface area (Å²) in [5.74, 6) is -0.463. The van der Waals surface area contributed by atoms with Crippen molar-refractivity contribution in [3.63, 3.8) is 0 Å². The molecule has 2 aromatic rings. The third-order valence-corrected chi connectivity index (χ3v) is 5.82. The first-order chi connectivity index (χ1) is 12.1. The molecule has 0 aliphatic heterocycles. The van der Waals surface area contributed by atoms with E-state index in [0.29, 0.717) is 17.0 Å². The van der Waals surface area contributed by atoms with Gasteiger partial charge in [0.05, 0.1) is 19.1 Å². The topological polar surface area (TPSA) is 55.4 Å². The molecule has 0 fully saturated rings. The molecule has 1 amide bonds. The summed E-state index contributed by atoms with van der Waals surface area (Å²) in [7, 11) is 1.39. The highest BCUT2D eigenvalue weighted by atomic mass is 32.1. The predicted molar refractivity (Wildman–Crippen MR) is 100 cm³/mol. The van der Waals surface area contributed by atoms with E-state index in [1.165, 1.54) is 28.9 Å². The smallest absolute Gasteiger partial charge is 0.341 e. The predicted octanol–water partition coefficient (Wildman–Crippen LogP) is 4.16. The zero-order valence-electron chi connectivity index (χ0n) is 14.7. The van der Waals surface area contributed by atoms with Gasteiger partial charge in [0.1, 0.15) is 5.00 Å². The Balaban J connectivity index is 1.78. The molecule has 1 aromatic heterocycles. The van der Waals surface area contributed by atoms with Gasteiger partial charge < -0.3 is 10.1 Å². The SMILES string of the molecule is CCc1ccc(CC(=O)Nc2sc3c(c2C(=O)OC)CCCC3)cc1. The molecule has 1 N–H and O–H groups in total. The molecular weight excluding hydrogens is 334 g/mol. The molecule has 3 rings (SSSR count). The van der Waals surface area contributed by atoms with E-state index >= 15 is 0 Å². The van der Waals surface area contributed by atoms with Crippen molar-refractivity contribution in [2.75, 3.05) is 12.4 Å². The number of anilines is 1. The molecule has 1 aliphatic carbocycles. The van der Waals surface area contributed by atoms with Gasteiger partial charge in [-0.3, -0.25) is 4.79 Å². The minimum absolute atomic E-state index is 0.104. The molecular formula is C20H23NO3S. The average molecular weight is 357 g/mol. The minimum Gasteiger partial charge on any atom is -0.465 e. The van der Waals surface area contributed by atoms with E-state index in [1.807, 2.05) is 24.3 Å². The highest BCUT2D eigenvalue weighted by Crippen LogP contribution is 2.38. The summed E-state index contributed by atoms with van der Waals surface area (Å²) in [4.78, 5) is 25.9. The van der Waals surface area contributed by atoms with Gasteiger partial charge >= 0.3 is 5.97 Å². The molecule has 0 unspecified atom stereocenters. The van der Waals surface area contributed by atoms with Gasteiger partial charge in [0.15, 0.2) is 0 Å². The molecule has 0 saturated carbocycles. The van der Waals surface area contributed by atoms with Gasteiger partial charge in [0, 0.05) is 4.88 Å². The standard InChI is InChI=1S/C20H23NO3S/c1-3-13-8-10-14(11-9-13)12-17(22)21-19-18(20(23)24-2)15-6-4-5-7-16(15)25-19/h8-11H,3-7,12H2,1-2H3,(H,21,22). The number of aryl methyl sites for hydroxylation is 2. The maximum Gasteiger partial charge on any atom is 0.341 e. The fraction of sp³-hybridized carbons (Fsp3) is 0.400. The first-order valence-corrected chi connectivity index (χ1v) is 9.54. The van der Waals surface area contributed by atoms with E-state index in [9.17, 15) is 9.59 Å². The first-order valence-electron chi connectivity index (χ1n) is 8.73. The summed E-state index contributed by atoms with van der Waals surface area (Å²) in [5.41, 5.74) is 3.83. The van der Waals surface area contributed by atoms with Crippen LogP contribution >= 0.6 is 11.3 Å². The van der Waals surface area contributed by atoms with Crippen LogP contribution in [0.3, 0.4) is 0 Å². The molecule has 1 aromatic carbocycles. The summed E-state index contributed by atoms with van der Waals surface area (Å²) in [5, 5.41) is 3.57. The second-order valence-electron chi connectivity index (χ2n) is 6.30. The number of methoxy groups -OCH3 is 1. The Bertz CT molecular complexity index is 777. The number of hydrogen-bond donors (Lipinski definition) is 1. The van der Waals surface area contributed by atoms with Crippen molar-refractivity contribution in [3.8, 4) is 0 Å². The van der Waals surface area contributed by atoms with Crippen LogP contribution in [0.15, 0.2) is 24.3 Å². The van der Waals surface area contributed by atoms with Crippen LogP contribution in [0.1, 0.15) is 51.7 Å². The molecule has 132 valence electrons. The highest BCUT2D eigenvalue weighted by molar-refractivity contribution is 7.17. The Hall–Kier alpha value is -2.14. The summed E-state index contributed by atoms with van der Waals surface area (Å²) in [6.45, 7) is 2.11. The van der Waals surface area contributed by atoms with Crippen LogP contribution in [0.25, 0.3) is 0 Å². The van der Waals surface area contributed by atoms with Gasteiger partial charge in [0.25, 0.3) is 0 Å². The molecule has 0 spiro atoms. The second kappa shape index (κ2) is 7.83. The maximum atomic E-state index is 12.5. The fourth-order valence-electron chi connectivity index (χ4n) is 3.22. The number of benzene rings is 1. The van der Waals surface area contributed by atoms with E-state index < -0.39 is 0 Å². The molecule has 4 nitrogen and oxygen atoms in total. The summed E-state index contributed by atoms with van der Waals surface area (Å²) < 4.78 is 4.94. The van der Waals surface area contributed by atoms with E-state index in [-0.39, 0.29) is 11.9 Å². The van der Waals surface area contributed by atoms with Crippen LogP contribution in [0.2, 0.25) is 0 Å². The number of thiophene rings is 1. The van der Waals surface area contributed by atoms with E-state index in [2.05, 4.69) is 12.2 Å². The van der Waals surface area contributed by atoms with Crippen molar-refractivity contribution in [2.24, 2.45) is 0 Å². The largest absolute Gasteiger partial charge is 0.465 e. The Kier molecular flexibility index (Phi) is 5.53. The van der Waals surface area contributed by atoms with E-state index in [4.69, 9.17) is 4.74 Å². The molecule has 0 saturated heterocycles. The van der Waals surface area contributed by atoms with Crippen molar-refractivity contribution in [2.45, 2.75) is 45.4 Å². The normalized spacial score (nSPS) is 13.2. The van der Waals surface area contributed by atoms with E-state index in [0.717, 1.165) is 43.2 Å². The van der Waals surface area contributed by atoms with Crippen molar-refractivity contribution in [1.29, 1.82) is 0 Å². The monoisotopic (exact) mass is 357 g/mol. The number of rotatable bonds is 5. The molecule has 5 heteroatoms. The quantitative estimate of drug-likeness (QED) is 0.818. The minimum atomic E-state index is -0.359. The molecule has 1 heterocycles. The Morgan fingerprint density at radius 2 is 1.80 bits per heavy atom.